The van der Waals surface area contributed by atoms with Gasteiger partial charge < -0.3 is 9.47 Å². The van der Waals surface area contributed by atoms with Crippen molar-refractivity contribution in [3.05, 3.63) is 0 Å². The Labute approximate surface area is 81.6 Å². The largest absolute Gasteiger partial charge is 0.373 e. The zero-order chi connectivity index (χ0) is 9.84. The third-order valence-electron chi connectivity index (χ3n) is 2.54. The van der Waals surface area contributed by atoms with E-state index in [-0.39, 0.29) is 12.2 Å². The van der Waals surface area contributed by atoms with Gasteiger partial charge >= 0.3 is 0 Å². The van der Waals surface area contributed by atoms with Crippen molar-refractivity contribution in [2.75, 3.05) is 6.61 Å². The molecule has 1 aliphatic heterocycles. The second-order valence-electron chi connectivity index (χ2n) is 4.49. The number of ether oxygens (including phenoxy) is 2. The van der Waals surface area contributed by atoms with E-state index in [9.17, 15) is 0 Å². The summed E-state index contributed by atoms with van der Waals surface area (Å²) in [5.41, 5.74) is 0. The van der Waals surface area contributed by atoms with Crippen LogP contribution < -0.4 is 0 Å². The summed E-state index contributed by atoms with van der Waals surface area (Å²) in [6.07, 6.45) is 3.21. The van der Waals surface area contributed by atoms with Crippen molar-refractivity contribution < 1.29 is 9.47 Å². The van der Waals surface area contributed by atoms with Gasteiger partial charge in [-0.15, -0.1) is 0 Å². The maximum absolute atomic E-state index is 5.73. The highest BCUT2D eigenvalue weighted by Crippen LogP contribution is 2.20. The highest BCUT2D eigenvalue weighted by molar-refractivity contribution is 4.73. The molecule has 3 atom stereocenters. The summed E-state index contributed by atoms with van der Waals surface area (Å²) in [5, 5.41) is 0. The number of hydrogen-bond acceptors (Lipinski definition) is 2. The number of hydrogen-bond donors (Lipinski definition) is 0. The highest BCUT2D eigenvalue weighted by atomic mass is 16.6. The summed E-state index contributed by atoms with van der Waals surface area (Å²) in [5.74, 6) is 0.759. The molecule has 0 amide bonds. The summed E-state index contributed by atoms with van der Waals surface area (Å²) >= 11 is 0. The molecule has 0 bridgehead atoms. The van der Waals surface area contributed by atoms with Gasteiger partial charge in [-0.1, -0.05) is 13.8 Å². The van der Waals surface area contributed by atoms with Crippen molar-refractivity contribution in [1.29, 1.82) is 0 Å². The minimum atomic E-state index is 0.266. The molecule has 0 aromatic rings. The van der Waals surface area contributed by atoms with E-state index in [0.29, 0.717) is 6.10 Å². The van der Waals surface area contributed by atoms with Crippen LogP contribution in [0.1, 0.15) is 40.5 Å². The van der Waals surface area contributed by atoms with Crippen molar-refractivity contribution in [3.63, 3.8) is 0 Å². The van der Waals surface area contributed by atoms with Crippen molar-refractivity contribution in [1.82, 2.24) is 0 Å². The van der Waals surface area contributed by atoms with Crippen LogP contribution in [0.2, 0.25) is 0 Å². The lowest BCUT2D eigenvalue weighted by Crippen LogP contribution is -2.40. The molecule has 13 heavy (non-hydrogen) atoms. The van der Waals surface area contributed by atoms with Crippen LogP contribution in [-0.2, 0) is 9.47 Å². The molecule has 1 fully saturated rings. The molecular weight excluding hydrogens is 164 g/mol. The molecule has 0 N–H and O–H groups in total. The van der Waals surface area contributed by atoms with Crippen molar-refractivity contribution in [2.24, 2.45) is 5.92 Å². The van der Waals surface area contributed by atoms with E-state index in [1.807, 2.05) is 0 Å². The van der Waals surface area contributed by atoms with Gasteiger partial charge in [0, 0.05) is 0 Å². The molecule has 2 nitrogen and oxygen atoms in total. The molecular formula is C11H22O2. The fourth-order valence-electron chi connectivity index (χ4n) is 1.70. The van der Waals surface area contributed by atoms with E-state index in [4.69, 9.17) is 9.47 Å². The lowest BCUT2D eigenvalue weighted by atomic mass is 10.0. The van der Waals surface area contributed by atoms with Gasteiger partial charge in [0.1, 0.15) is 0 Å². The first-order valence-electron chi connectivity index (χ1n) is 5.36. The van der Waals surface area contributed by atoms with Crippen LogP contribution >= 0.6 is 0 Å². The van der Waals surface area contributed by atoms with Crippen LogP contribution in [0.4, 0.5) is 0 Å². The normalized spacial score (nSPS) is 35.3. The first kappa shape index (κ1) is 11.0. The van der Waals surface area contributed by atoms with Crippen LogP contribution in [0.15, 0.2) is 0 Å². The Morgan fingerprint density at radius 3 is 2.54 bits per heavy atom. The third kappa shape index (κ3) is 3.65. The standard InChI is InChI=1S/C11H22O2/c1-8(2)5-6-11-10(4)13-9(3)7-12-11/h8-11H,5-7H2,1-4H3. The van der Waals surface area contributed by atoms with E-state index >= 15 is 0 Å². The molecule has 0 aromatic carbocycles. The molecule has 0 spiro atoms. The Morgan fingerprint density at radius 2 is 2.00 bits per heavy atom. The van der Waals surface area contributed by atoms with E-state index in [1.165, 1.54) is 6.42 Å². The molecule has 0 aromatic heterocycles. The van der Waals surface area contributed by atoms with Crippen LogP contribution in [0.25, 0.3) is 0 Å². The maximum Gasteiger partial charge on any atom is 0.0835 e. The predicted molar refractivity (Wildman–Crippen MR) is 53.8 cm³/mol. The zero-order valence-electron chi connectivity index (χ0n) is 9.25. The average Bonchev–Trinajstić information content (AvgIpc) is 2.02. The summed E-state index contributed by atoms with van der Waals surface area (Å²) in [6.45, 7) is 9.43. The zero-order valence-corrected chi connectivity index (χ0v) is 9.25. The van der Waals surface area contributed by atoms with Crippen molar-refractivity contribution in [2.45, 2.75) is 58.8 Å². The maximum atomic E-state index is 5.73. The van der Waals surface area contributed by atoms with Crippen LogP contribution in [0.5, 0.6) is 0 Å². The molecule has 78 valence electrons. The summed E-state index contributed by atoms with van der Waals surface area (Å²) in [7, 11) is 0. The topological polar surface area (TPSA) is 18.5 Å². The Balaban J connectivity index is 2.25. The lowest BCUT2D eigenvalue weighted by molar-refractivity contribution is -0.170. The molecule has 0 radical (unpaired) electrons. The van der Waals surface area contributed by atoms with Gasteiger partial charge in [-0.25, -0.2) is 0 Å². The minimum absolute atomic E-state index is 0.266. The predicted octanol–water partition coefficient (Wildman–Crippen LogP) is 2.62. The molecule has 1 saturated heterocycles. The SMILES string of the molecule is CC(C)CCC1OCC(C)OC1C. The average molecular weight is 186 g/mol. The molecule has 0 aliphatic carbocycles. The van der Waals surface area contributed by atoms with Crippen LogP contribution in [0.3, 0.4) is 0 Å². The van der Waals surface area contributed by atoms with Crippen LogP contribution in [0, 0.1) is 5.92 Å². The highest BCUT2D eigenvalue weighted by Gasteiger charge is 2.26. The van der Waals surface area contributed by atoms with Gasteiger partial charge in [-0.2, -0.15) is 0 Å². The Kier molecular flexibility index (Phi) is 4.20. The molecule has 1 heterocycles. The first-order chi connectivity index (χ1) is 6.09. The second kappa shape index (κ2) is 4.97. The lowest BCUT2D eigenvalue weighted by Gasteiger charge is -2.33. The van der Waals surface area contributed by atoms with Gasteiger partial charge in [0.2, 0.25) is 0 Å². The molecule has 0 saturated carbocycles. The Morgan fingerprint density at radius 1 is 1.31 bits per heavy atom. The third-order valence-corrected chi connectivity index (χ3v) is 2.54. The van der Waals surface area contributed by atoms with Gasteiger partial charge in [-0.3, -0.25) is 0 Å². The summed E-state index contributed by atoms with van der Waals surface area (Å²) in [4.78, 5) is 0. The molecule has 3 unspecified atom stereocenters. The number of rotatable bonds is 3. The summed E-state index contributed by atoms with van der Waals surface area (Å²) < 4.78 is 11.4. The monoisotopic (exact) mass is 186 g/mol. The molecule has 1 aliphatic rings. The van der Waals surface area contributed by atoms with E-state index < -0.39 is 0 Å². The van der Waals surface area contributed by atoms with Crippen molar-refractivity contribution in [3.8, 4) is 0 Å². The summed E-state index contributed by atoms with van der Waals surface area (Å²) in [6, 6.07) is 0. The fourth-order valence-corrected chi connectivity index (χ4v) is 1.70. The van der Waals surface area contributed by atoms with Crippen LogP contribution in [-0.4, -0.2) is 24.9 Å². The van der Waals surface area contributed by atoms with Gasteiger partial charge in [-0.05, 0) is 32.6 Å². The van der Waals surface area contributed by atoms with Gasteiger partial charge in [0.15, 0.2) is 0 Å². The smallest absolute Gasteiger partial charge is 0.0835 e. The first-order valence-corrected chi connectivity index (χ1v) is 5.36. The Bertz CT molecular complexity index is 145. The minimum Gasteiger partial charge on any atom is -0.373 e. The molecule has 1 rings (SSSR count). The molecule has 2 heteroatoms. The van der Waals surface area contributed by atoms with Gasteiger partial charge in [0.05, 0.1) is 24.9 Å². The van der Waals surface area contributed by atoms with E-state index in [2.05, 4.69) is 27.7 Å². The van der Waals surface area contributed by atoms with Crippen molar-refractivity contribution >= 4 is 0 Å². The van der Waals surface area contributed by atoms with Gasteiger partial charge in [0.25, 0.3) is 0 Å². The quantitative estimate of drug-likeness (QED) is 0.674. The van der Waals surface area contributed by atoms with E-state index in [0.717, 1.165) is 18.9 Å². The van der Waals surface area contributed by atoms with E-state index in [1.54, 1.807) is 0 Å². The Hall–Kier alpha value is -0.0800. The fraction of sp³-hybridized carbons (Fsp3) is 1.00. The second-order valence-corrected chi connectivity index (χ2v) is 4.49.